The zero-order valence-corrected chi connectivity index (χ0v) is 15.2. The van der Waals surface area contributed by atoms with Gasteiger partial charge in [0.25, 0.3) is 0 Å². The molecule has 8 nitrogen and oxygen atoms in total. The lowest BCUT2D eigenvalue weighted by molar-refractivity contribution is 0.378. The first kappa shape index (κ1) is 16.6. The molecule has 3 heterocycles. The molecule has 2 aromatic heterocycles. The van der Waals surface area contributed by atoms with Crippen LogP contribution in [0.2, 0.25) is 0 Å². The van der Waals surface area contributed by atoms with Gasteiger partial charge >= 0.3 is 0 Å². The summed E-state index contributed by atoms with van der Waals surface area (Å²) in [5, 5.41) is 21.5. The minimum Gasteiger partial charge on any atom is -0.420 e. The van der Waals surface area contributed by atoms with Gasteiger partial charge in [0.2, 0.25) is 11.8 Å². The summed E-state index contributed by atoms with van der Waals surface area (Å²) in [6.07, 6.45) is 7.80. The van der Waals surface area contributed by atoms with Crippen molar-refractivity contribution in [3.8, 4) is 17.6 Å². The Balaban J connectivity index is 1.61. The van der Waals surface area contributed by atoms with E-state index in [4.69, 9.17) is 10.5 Å². The third-order valence-corrected chi connectivity index (χ3v) is 5.64. The Labute approximate surface area is 161 Å². The molecule has 140 valence electrons. The molecule has 1 aliphatic heterocycles. The van der Waals surface area contributed by atoms with Gasteiger partial charge in [-0.25, -0.2) is 9.67 Å². The Kier molecular flexibility index (Phi) is 3.86. The van der Waals surface area contributed by atoms with Crippen molar-refractivity contribution in [3.05, 3.63) is 65.2 Å². The molecule has 3 aromatic rings. The van der Waals surface area contributed by atoms with Gasteiger partial charge in [0, 0.05) is 11.6 Å². The molecule has 0 spiro atoms. The first-order chi connectivity index (χ1) is 13.8. The monoisotopic (exact) mass is 373 g/mol. The van der Waals surface area contributed by atoms with Crippen LogP contribution in [0.5, 0.6) is 5.88 Å². The van der Waals surface area contributed by atoms with E-state index in [9.17, 15) is 5.26 Å². The fourth-order valence-corrected chi connectivity index (χ4v) is 4.29. The first-order valence-electron chi connectivity index (χ1n) is 9.37. The van der Waals surface area contributed by atoms with E-state index in [1.165, 1.54) is 19.2 Å². The zero-order valence-electron chi connectivity index (χ0n) is 15.2. The number of nitrogens with two attached hydrogens (primary N) is 1. The summed E-state index contributed by atoms with van der Waals surface area (Å²) in [6.45, 7) is 0. The summed E-state index contributed by atoms with van der Waals surface area (Å²) >= 11 is 0. The topological polar surface area (TPSA) is 118 Å². The van der Waals surface area contributed by atoms with Crippen LogP contribution in [0.15, 0.2) is 48.4 Å². The first-order valence-corrected chi connectivity index (χ1v) is 9.37. The molecule has 1 atom stereocenters. The van der Waals surface area contributed by atoms with E-state index in [2.05, 4.69) is 26.3 Å². The highest BCUT2D eigenvalue weighted by Crippen LogP contribution is 2.47. The molecule has 8 heteroatoms. The van der Waals surface area contributed by atoms with Gasteiger partial charge in [-0.05, 0) is 30.5 Å². The number of nitriles is 1. The molecule has 28 heavy (non-hydrogen) atoms. The molecule has 2 aliphatic rings. The number of fused-ring (bicyclic) bond motifs is 1. The highest BCUT2D eigenvalue weighted by Gasteiger charge is 2.37. The van der Waals surface area contributed by atoms with E-state index < -0.39 is 0 Å². The predicted octanol–water partition coefficient (Wildman–Crippen LogP) is 2.87. The van der Waals surface area contributed by atoms with Crippen LogP contribution in [0.4, 0.5) is 0 Å². The van der Waals surface area contributed by atoms with E-state index in [0.717, 1.165) is 35.3 Å². The van der Waals surface area contributed by atoms with Crippen molar-refractivity contribution >= 4 is 0 Å². The van der Waals surface area contributed by atoms with Gasteiger partial charge < -0.3 is 10.5 Å². The second-order valence-electron chi connectivity index (χ2n) is 7.19. The standard InChI is InChI=1S/C20H19N7O/c21-9-15-16(12-5-7-14(8-6-12)27-11-23-10-24-27)17-18(13-3-1-2-4-13)25-26-20(17)28-19(15)22/h5-8,10-11,13,16H,1-4,22H2,(H,25,26). The number of hydrogen-bond acceptors (Lipinski definition) is 6. The van der Waals surface area contributed by atoms with Crippen LogP contribution in [0.3, 0.4) is 0 Å². The van der Waals surface area contributed by atoms with Gasteiger partial charge in [0.15, 0.2) is 0 Å². The number of benzene rings is 1. The second kappa shape index (κ2) is 6.53. The predicted molar refractivity (Wildman–Crippen MR) is 100 cm³/mol. The molecule has 1 fully saturated rings. The minimum atomic E-state index is -0.298. The lowest BCUT2D eigenvalue weighted by Gasteiger charge is -2.25. The number of allylic oxidation sites excluding steroid dienone is 1. The Hall–Kier alpha value is -3.60. The lowest BCUT2D eigenvalue weighted by atomic mass is 9.81. The van der Waals surface area contributed by atoms with Crippen molar-refractivity contribution in [2.45, 2.75) is 37.5 Å². The highest BCUT2D eigenvalue weighted by molar-refractivity contribution is 5.56. The number of nitrogens with one attached hydrogen (secondary N) is 1. The summed E-state index contributed by atoms with van der Waals surface area (Å²) in [6, 6.07) is 10.2. The molecule has 0 bridgehead atoms. The van der Waals surface area contributed by atoms with Crippen LogP contribution in [-0.2, 0) is 0 Å². The maximum atomic E-state index is 9.80. The van der Waals surface area contributed by atoms with Gasteiger partial charge in [0.1, 0.15) is 24.3 Å². The highest BCUT2D eigenvalue weighted by atomic mass is 16.5. The number of hydrogen-bond donors (Lipinski definition) is 2. The van der Waals surface area contributed by atoms with Crippen LogP contribution in [0.25, 0.3) is 5.69 Å². The van der Waals surface area contributed by atoms with Gasteiger partial charge in [-0.2, -0.15) is 10.4 Å². The van der Waals surface area contributed by atoms with Crippen LogP contribution in [0.1, 0.15) is 54.3 Å². The number of nitrogens with zero attached hydrogens (tertiary/aromatic N) is 5. The van der Waals surface area contributed by atoms with Crippen molar-refractivity contribution < 1.29 is 4.74 Å². The number of aromatic nitrogens is 5. The van der Waals surface area contributed by atoms with Crippen molar-refractivity contribution in [1.82, 2.24) is 25.0 Å². The SMILES string of the molecule is N#CC1=C(N)Oc2n[nH]c(C3CCCC3)c2C1c1ccc(-n2cncn2)cc1. The Morgan fingerprint density at radius 2 is 2.00 bits per heavy atom. The second-order valence-corrected chi connectivity index (χ2v) is 7.19. The number of ether oxygens (including phenoxy) is 1. The Morgan fingerprint density at radius 1 is 1.21 bits per heavy atom. The summed E-state index contributed by atoms with van der Waals surface area (Å²) in [4.78, 5) is 3.98. The molecular formula is C20H19N7O. The molecule has 0 amide bonds. The molecule has 0 saturated heterocycles. The average Bonchev–Trinajstić information content (AvgIpc) is 3.47. The molecule has 0 radical (unpaired) electrons. The quantitative estimate of drug-likeness (QED) is 0.729. The van der Waals surface area contributed by atoms with E-state index in [-0.39, 0.29) is 11.8 Å². The summed E-state index contributed by atoms with van der Waals surface area (Å²) in [7, 11) is 0. The van der Waals surface area contributed by atoms with Crippen LogP contribution >= 0.6 is 0 Å². The fourth-order valence-electron chi connectivity index (χ4n) is 4.29. The van der Waals surface area contributed by atoms with E-state index >= 15 is 0 Å². The smallest absolute Gasteiger partial charge is 0.244 e. The fraction of sp³-hybridized carbons (Fsp3) is 0.300. The largest absolute Gasteiger partial charge is 0.420 e. The van der Waals surface area contributed by atoms with Crippen molar-refractivity contribution in [2.75, 3.05) is 0 Å². The van der Waals surface area contributed by atoms with Crippen molar-refractivity contribution in [1.29, 1.82) is 5.26 Å². The van der Waals surface area contributed by atoms with Crippen molar-refractivity contribution in [2.24, 2.45) is 5.73 Å². The summed E-state index contributed by atoms with van der Waals surface area (Å²) in [5.74, 6) is 0.706. The molecule has 1 unspecified atom stereocenters. The summed E-state index contributed by atoms with van der Waals surface area (Å²) in [5.41, 5.74) is 10.3. The molecule has 3 N–H and O–H groups in total. The molecule has 1 aromatic carbocycles. The van der Waals surface area contributed by atoms with Gasteiger partial charge in [-0.1, -0.05) is 25.0 Å². The van der Waals surface area contributed by atoms with Gasteiger partial charge in [-0.3, -0.25) is 5.10 Å². The Morgan fingerprint density at radius 3 is 2.68 bits per heavy atom. The van der Waals surface area contributed by atoms with Crippen LogP contribution < -0.4 is 10.5 Å². The lowest BCUT2D eigenvalue weighted by Crippen LogP contribution is -2.21. The maximum Gasteiger partial charge on any atom is 0.244 e. The molecule has 1 saturated carbocycles. The molecular weight excluding hydrogens is 354 g/mol. The average molecular weight is 373 g/mol. The minimum absolute atomic E-state index is 0.116. The van der Waals surface area contributed by atoms with Crippen LogP contribution in [0, 0.1) is 11.3 Å². The number of H-pyrrole nitrogens is 1. The maximum absolute atomic E-state index is 9.80. The Bertz CT molecular complexity index is 1070. The van der Waals surface area contributed by atoms with E-state index in [1.54, 1.807) is 11.0 Å². The van der Waals surface area contributed by atoms with Gasteiger partial charge in [0.05, 0.1) is 17.2 Å². The summed E-state index contributed by atoms with van der Waals surface area (Å²) < 4.78 is 7.37. The number of rotatable bonds is 3. The van der Waals surface area contributed by atoms with Gasteiger partial charge in [-0.15, -0.1) is 5.10 Å². The zero-order chi connectivity index (χ0) is 19.1. The molecule has 1 aliphatic carbocycles. The number of aromatic amines is 1. The van der Waals surface area contributed by atoms with E-state index in [0.29, 0.717) is 17.4 Å². The third kappa shape index (κ3) is 2.55. The normalized spacial score (nSPS) is 19.3. The molecule has 5 rings (SSSR count). The third-order valence-electron chi connectivity index (χ3n) is 5.64. The van der Waals surface area contributed by atoms with Crippen LogP contribution in [-0.4, -0.2) is 25.0 Å². The van der Waals surface area contributed by atoms with Crippen molar-refractivity contribution in [3.63, 3.8) is 0 Å². The van der Waals surface area contributed by atoms with E-state index in [1.807, 2.05) is 24.3 Å².